The molecule has 2 heterocycles. The number of fused-ring (bicyclic) bond motifs is 1. The number of nitrogens with zero attached hydrogens (tertiary/aromatic N) is 2. The Morgan fingerprint density at radius 1 is 1.00 bits per heavy atom. The van der Waals surface area contributed by atoms with Crippen LogP contribution in [0.2, 0.25) is 0 Å². The van der Waals surface area contributed by atoms with Crippen molar-refractivity contribution in [3.05, 3.63) is 0 Å². The molecule has 0 bridgehead atoms. The van der Waals surface area contributed by atoms with E-state index in [1.807, 2.05) is 13.8 Å². The zero-order valence-corrected chi connectivity index (χ0v) is 12.6. The minimum atomic E-state index is 0.794. The summed E-state index contributed by atoms with van der Waals surface area (Å²) in [5.41, 5.74) is 0. The van der Waals surface area contributed by atoms with Crippen LogP contribution in [-0.4, -0.2) is 48.6 Å². The predicted molar refractivity (Wildman–Crippen MR) is 76.4 cm³/mol. The van der Waals surface area contributed by atoms with E-state index in [1.165, 1.54) is 45.3 Å². The second-order valence-corrected chi connectivity index (χ2v) is 5.69. The molecule has 0 radical (unpaired) electrons. The molecule has 3 rings (SSSR count). The third-order valence-electron chi connectivity index (χ3n) is 4.06. The topological polar surface area (TPSA) is 6.48 Å². The summed E-state index contributed by atoms with van der Waals surface area (Å²) in [7, 11) is 2.17. The second-order valence-electron chi connectivity index (χ2n) is 5.69. The lowest BCUT2D eigenvalue weighted by Crippen LogP contribution is -2.30. The van der Waals surface area contributed by atoms with Crippen molar-refractivity contribution in [1.82, 2.24) is 9.80 Å². The quantitative estimate of drug-likeness (QED) is 0.694. The van der Waals surface area contributed by atoms with Gasteiger partial charge in [0.2, 0.25) is 0 Å². The lowest BCUT2D eigenvalue weighted by Gasteiger charge is -2.21. The summed E-state index contributed by atoms with van der Waals surface area (Å²) in [6, 6.07) is 1.80. The molecule has 0 aromatic heterocycles. The maximum atomic E-state index is 2.64. The van der Waals surface area contributed by atoms with Crippen molar-refractivity contribution < 1.29 is 0 Å². The number of hydrogen-bond acceptors (Lipinski definition) is 2. The Labute approximate surface area is 108 Å². The summed E-state index contributed by atoms with van der Waals surface area (Å²) in [6.07, 6.45) is 5.80. The van der Waals surface area contributed by atoms with Crippen molar-refractivity contribution in [2.24, 2.45) is 5.92 Å². The monoisotopic (exact) mass is 240 g/mol. The molecule has 1 aliphatic carbocycles. The van der Waals surface area contributed by atoms with Crippen LogP contribution in [0.3, 0.4) is 0 Å². The van der Waals surface area contributed by atoms with Crippen LogP contribution in [0, 0.1) is 5.92 Å². The van der Waals surface area contributed by atoms with Gasteiger partial charge in [-0.1, -0.05) is 13.8 Å². The number of rotatable bonds is 1. The Kier molecular flexibility index (Phi) is 6.50. The Morgan fingerprint density at radius 3 is 1.76 bits per heavy atom. The predicted octanol–water partition coefficient (Wildman–Crippen LogP) is 3.23. The third kappa shape index (κ3) is 4.59. The molecule has 0 aromatic carbocycles. The van der Waals surface area contributed by atoms with Crippen molar-refractivity contribution in [3.8, 4) is 0 Å². The van der Waals surface area contributed by atoms with E-state index < -0.39 is 0 Å². The maximum absolute atomic E-state index is 2.64. The number of piperidine rings is 1. The smallest absolute Gasteiger partial charge is 0.0130 e. The molecule has 3 aliphatic rings. The molecule has 0 amide bonds. The van der Waals surface area contributed by atoms with Gasteiger partial charge in [-0.2, -0.15) is 0 Å². The van der Waals surface area contributed by atoms with Gasteiger partial charge in [0.15, 0.2) is 0 Å². The lowest BCUT2D eigenvalue weighted by molar-refractivity contribution is 0.242. The van der Waals surface area contributed by atoms with Gasteiger partial charge in [-0.25, -0.2) is 0 Å². The first-order valence-corrected chi connectivity index (χ1v) is 7.63. The first kappa shape index (κ1) is 15.0. The van der Waals surface area contributed by atoms with E-state index in [9.17, 15) is 0 Å². The van der Waals surface area contributed by atoms with Gasteiger partial charge < -0.3 is 4.90 Å². The first-order valence-electron chi connectivity index (χ1n) is 7.63. The molecule has 0 spiro atoms. The fourth-order valence-corrected chi connectivity index (χ4v) is 2.95. The van der Waals surface area contributed by atoms with Crippen LogP contribution in [0.1, 0.15) is 53.4 Å². The van der Waals surface area contributed by atoms with E-state index in [2.05, 4.69) is 30.7 Å². The third-order valence-corrected chi connectivity index (χ3v) is 4.06. The molecule has 2 aliphatic heterocycles. The van der Waals surface area contributed by atoms with E-state index in [4.69, 9.17) is 0 Å². The Morgan fingerprint density at radius 2 is 1.59 bits per heavy atom. The Hall–Kier alpha value is -0.0800. The summed E-state index contributed by atoms with van der Waals surface area (Å²) in [4.78, 5) is 5.00. The Balaban J connectivity index is 0.000000158. The molecule has 2 nitrogen and oxygen atoms in total. The van der Waals surface area contributed by atoms with Crippen molar-refractivity contribution in [2.75, 3.05) is 26.7 Å². The van der Waals surface area contributed by atoms with Crippen LogP contribution in [-0.2, 0) is 0 Å². The molecule has 2 unspecified atom stereocenters. The summed E-state index contributed by atoms with van der Waals surface area (Å²) >= 11 is 0. The van der Waals surface area contributed by atoms with Gasteiger partial charge in [0.1, 0.15) is 0 Å². The zero-order chi connectivity index (χ0) is 12.8. The van der Waals surface area contributed by atoms with Gasteiger partial charge in [-0.3, -0.25) is 4.90 Å². The highest BCUT2D eigenvalue weighted by Crippen LogP contribution is 2.45. The number of likely N-dealkylation sites (tertiary alicyclic amines) is 2. The maximum Gasteiger partial charge on any atom is 0.0130 e. The van der Waals surface area contributed by atoms with Crippen LogP contribution in [0.5, 0.6) is 0 Å². The Bertz CT molecular complexity index is 197. The number of hydrogen-bond donors (Lipinski definition) is 0. The minimum Gasteiger partial charge on any atom is -0.306 e. The van der Waals surface area contributed by atoms with Crippen LogP contribution in [0.4, 0.5) is 0 Å². The van der Waals surface area contributed by atoms with E-state index in [0.717, 1.165) is 18.0 Å². The van der Waals surface area contributed by atoms with Gasteiger partial charge in [-0.15, -0.1) is 0 Å². The average Bonchev–Trinajstić information content (AvgIpc) is 2.77. The van der Waals surface area contributed by atoms with Crippen molar-refractivity contribution in [2.45, 2.75) is 65.5 Å². The summed E-state index contributed by atoms with van der Waals surface area (Å²) in [6.45, 7) is 12.6. The standard InChI is InChI=1S/C8H15N.C5H11N.C2H6/c1-6(2)9-4-3-7-5-8(7)9;1-6-4-2-3-5-6;1-2/h6-8H,3-5H2,1-2H3;2-5H2,1H3;1-2H3. The molecule has 3 fully saturated rings. The summed E-state index contributed by atoms with van der Waals surface area (Å²) in [5.74, 6) is 1.10. The van der Waals surface area contributed by atoms with Gasteiger partial charge in [0.05, 0.1) is 0 Å². The van der Waals surface area contributed by atoms with Crippen molar-refractivity contribution in [1.29, 1.82) is 0 Å². The first-order chi connectivity index (χ1) is 8.18. The largest absolute Gasteiger partial charge is 0.306 e. The molecule has 2 saturated heterocycles. The van der Waals surface area contributed by atoms with Crippen molar-refractivity contribution >= 4 is 0 Å². The molecule has 1 saturated carbocycles. The highest BCUT2D eigenvalue weighted by Gasteiger charge is 2.47. The average molecular weight is 240 g/mol. The molecular formula is C15H32N2. The molecule has 0 N–H and O–H groups in total. The lowest BCUT2D eigenvalue weighted by atomic mass is 10.3. The molecule has 2 heteroatoms. The second kappa shape index (κ2) is 7.38. The van der Waals surface area contributed by atoms with E-state index in [1.54, 1.807) is 0 Å². The SMILES string of the molecule is CC.CC(C)N1CCC2CC21.CN1CCCC1. The van der Waals surface area contributed by atoms with E-state index >= 15 is 0 Å². The van der Waals surface area contributed by atoms with E-state index in [0.29, 0.717) is 0 Å². The molecule has 102 valence electrons. The van der Waals surface area contributed by atoms with Crippen molar-refractivity contribution in [3.63, 3.8) is 0 Å². The van der Waals surface area contributed by atoms with Crippen LogP contribution in [0.25, 0.3) is 0 Å². The molecule has 0 aromatic rings. The highest BCUT2D eigenvalue weighted by molar-refractivity contribution is 5.01. The van der Waals surface area contributed by atoms with E-state index in [-0.39, 0.29) is 0 Å². The molecule has 2 atom stereocenters. The van der Waals surface area contributed by atoms with Crippen LogP contribution in [0.15, 0.2) is 0 Å². The van der Waals surface area contributed by atoms with Gasteiger partial charge in [0.25, 0.3) is 0 Å². The van der Waals surface area contributed by atoms with Crippen LogP contribution >= 0.6 is 0 Å². The van der Waals surface area contributed by atoms with Crippen LogP contribution < -0.4 is 0 Å². The molecular weight excluding hydrogens is 208 g/mol. The van der Waals surface area contributed by atoms with Gasteiger partial charge >= 0.3 is 0 Å². The van der Waals surface area contributed by atoms with Gasteiger partial charge in [0, 0.05) is 12.1 Å². The fraction of sp³-hybridized carbons (Fsp3) is 1.00. The summed E-state index contributed by atoms with van der Waals surface area (Å²) in [5, 5.41) is 0. The summed E-state index contributed by atoms with van der Waals surface area (Å²) < 4.78 is 0. The molecule has 17 heavy (non-hydrogen) atoms. The fourth-order valence-electron chi connectivity index (χ4n) is 2.95. The van der Waals surface area contributed by atoms with Gasteiger partial charge in [-0.05, 0) is 72.1 Å². The zero-order valence-electron chi connectivity index (χ0n) is 12.6. The minimum absolute atomic E-state index is 0.794. The normalized spacial score (nSPS) is 31.4. The highest BCUT2D eigenvalue weighted by atomic mass is 15.2.